The number of nitrogens with zero attached hydrogens (tertiary/aromatic N) is 4. The third kappa shape index (κ3) is 4.38. The van der Waals surface area contributed by atoms with Gasteiger partial charge >= 0.3 is 0 Å². The third-order valence-electron chi connectivity index (χ3n) is 4.12. The van der Waals surface area contributed by atoms with Crippen molar-refractivity contribution in [3.05, 3.63) is 48.6 Å². The van der Waals surface area contributed by atoms with Gasteiger partial charge in [0, 0.05) is 37.6 Å². The summed E-state index contributed by atoms with van der Waals surface area (Å²) in [6, 6.07) is 5.54. The highest BCUT2D eigenvalue weighted by molar-refractivity contribution is 6.01. The molecule has 1 amide bonds. The summed E-state index contributed by atoms with van der Waals surface area (Å²) in [5.74, 6) is 1.92. The van der Waals surface area contributed by atoms with E-state index < -0.39 is 0 Å². The van der Waals surface area contributed by atoms with Crippen LogP contribution in [0.25, 0.3) is 6.08 Å². The third-order valence-corrected chi connectivity index (χ3v) is 4.12. The zero-order valence-electron chi connectivity index (χ0n) is 13.7. The molecule has 1 fully saturated rings. The van der Waals surface area contributed by atoms with Gasteiger partial charge in [-0.3, -0.25) is 9.78 Å². The van der Waals surface area contributed by atoms with Gasteiger partial charge in [0.05, 0.1) is 0 Å². The Balaban J connectivity index is 1.62. The summed E-state index contributed by atoms with van der Waals surface area (Å²) < 4.78 is 0. The number of amides is 1. The van der Waals surface area contributed by atoms with E-state index in [4.69, 9.17) is 0 Å². The Hall–Kier alpha value is -2.76. The quantitative estimate of drug-likeness (QED) is 0.876. The normalized spacial score (nSPS) is 15.6. The SMILES string of the molecule is CC1CCN(c2cc(NC(=O)/C=C/c3cccnc3)ncn2)CC1. The molecule has 0 unspecified atom stereocenters. The number of carbonyl (C=O) groups is 1. The molecule has 3 heterocycles. The van der Waals surface area contributed by atoms with Gasteiger partial charge in [-0.2, -0.15) is 0 Å². The zero-order chi connectivity index (χ0) is 16.8. The highest BCUT2D eigenvalue weighted by atomic mass is 16.1. The van der Waals surface area contributed by atoms with Crippen LogP contribution in [-0.4, -0.2) is 33.9 Å². The fraction of sp³-hybridized carbons (Fsp3) is 0.333. The molecule has 3 rings (SSSR count). The minimum Gasteiger partial charge on any atom is -0.356 e. The van der Waals surface area contributed by atoms with Gasteiger partial charge in [0.25, 0.3) is 0 Å². The van der Waals surface area contributed by atoms with Crippen LogP contribution in [0.3, 0.4) is 0 Å². The maximum Gasteiger partial charge on any atom is 0.249 e. The average Bonchev–Trinajstić information content (AvgIpc) is 2.62. The topological polar surface area (TPSA) is 71.0 Å². The molecule has 0 spiro atoms. The second-order valence-corrected chi connectivity index (χ2v) is 6.04. The lowest BCUT2D eigenvalue weighted by Crippen LogP contribution is -2.33. The number of rotatable bonds is 4. The molecule has 0 radical (unpaired) electrons. The number of pyridine rings is 1. The second kappa shape index (κ2) is 7.68. The fourth-order valence-corrected chi connectivity index (χ4v) is 2.64. The Labute approximate surface area is 141 Å². The molecule has 0 saturated carbocycles. The Kier molecular flexibility index (Phi) is 5.15. The summed E-state index contributed by atoms with van der Waals surface area (Å²) in [4.78, 5) is 26.7. The molecule has 1 aliphatic rings. The van der Waals surface area contributed by atoms with Crippen LogP contribution in [0, 0.1) is 5.92 Å². The van der Waals surface area contributed by atoms with Crippen molar-refractivity contribution < 1.29 is 4.79 Å². The van der Waals surface area contributed by atoms with E-state index in [1.165, 1.54) is 25.2 Å². The highest BCUT2D eigenvalue weighted by Gasteiger charge is 2.17. The number of nitrogens with one attached hydrogen (secondary N) is 1. The van der Waals surface area contributed by atoms with E-state index >= 15 is 0 Å². The van der Waals surface area contributed by atoms with Crippen LogP contribution < -0.4 is 10.2 Å². The standard InChI is InChI=1S/C18H21N5O/c1-14-6-9-23(10-7-14)17-11-16(20-13-21-17)22-18(24)5-4-15-3-2-8-19-12-15/h2-5,8,11-14H,6-7,9-10H2,1H3,(H,20,21,22,24)/b5-4+. The summed E-state index contributed by atoms with van der Waals surface area (Å²) in [6.07, 6.45) is 10.4. The molecule has 2 aromatic rings. The van der Waals surface area contributed by atoms with Crippen molar-refractivity contribution >= 4 is 23.6 Å². The van der Waals surface area contributed by atoms with Crippen LogP contribution in [-0.2, 0) is 4.79 Å². The fourth-order valence-electron chi connectivity index (χ4n) is 2.64. The number of carbonyl (C=O) groups excluding carboxylic acids is 1. The predicted molar refractivity (Wildman–Crippen MR) is 94.5 cm³/mol. The summed E-state index contributed by atoms with van der Waals surface area (Å²) in [5, 5.41) is 2.78. The monoisotopic (exact) mass is 323 g/mol. The van der Waals surface area contributed by atoms with Gasteiger partial charge in [0.1, 0.15) is 18.0 Å². The van der Waals surface area contributed by atoms with E-state index in [1.54, 1.807) is 18.5 Å². The first kappa shape index (κ1) is 16.1. The van der Waals surface area contributed by atoms with Gasteiger partial charge in [-0.05, 0) is 36.5 Å². The number of hydrogen-bond acceptors (Lipinski definition) is 5. The minimum atomic E-state index is -0.226. The Bertz CT molecular complexity index is 708. The van der Waals surface area contributed by atoms with E-state index in [1.807, 2.05) is 18.2 Å². The molecular weight excluding hydrogens is 302 g/mol. The lowest BCUT2D eigenvalue weighted by atomic mass is 9.99. The molecule has 24 heavy (non-hydrogen) atoms. The van der Waals surface area contributed by atoms with Crippen LogP contribution in [0.15, 0.2) is 43.0 Å². The first-order valence-corrected chi connectivity index (χ1v) is 8.17. The van der Waals surface area contributed by atoms with Crippen LogP contribution in [0.2, 0.25) is 0 Å². The van der Waals surface area contributed by atoms with Gasteiger partial charge in [-0.25, -0.2) is 9.97 Å². The summed E-state index contributed by atoms with van der Waals surface area (Å²) in [6.45, 7) is 4.26. The summed E-state index contributed by atoms with van der Waals surface area (Å²) >= 11 is 0. The van der Waals surface area contributed by atoms with Crippen LogP contribution in [0.1, 0.15) is 25.3 Å². The molecule has 1 aliphatic heterocycles. The van der Waals surface area contributed by atoms with E-state index in [-0.39, 0.29) is 5.91 Å². The smallest absolute Gasteiger partial charge is 0.249 e. The lowest BCUT2D eigenvalue weighted by molar-refractivity contribution is -0.111. The van der Waals surface area contributed by atoms with Crippen LogP contribution in [0.4, 0.5) is 11.6 Å². The maximum absolute atomic E-state index is 12.0. The van der Waals surface area contributed by atoms with Gasteiger partial charge in [-0.15, -0.1) is 0 Å². The molecule has 0 bridgehead atoms. The second-order valence-electron chi connectivity index (χ2n) is 6.04. The zero-order valence-corrected chi connectivity index (χ0v) is 13.7. The van der Waals surface area contributed by atoms with Gasteiger partial charge < -0.3 is 10.2 Å². The number of hydrogen-bond donors (Lipinski definition) is 1. The van der Waals surface area contributed by atoms with Crippen LogP contribution >= 0.6 is 0 Å². The Morgan fingerprint density at radius 2 is 2.17 bits per heavy atom. The van der Waals surface area contributed by atoms with Gasteiger partial charge in [0.15, 0.2) is 0 Å². The van der Waals surface area contributed by atoms with Crippen molar-refractivity contribution in [2.75, 3.05) is 23.3 Å². The highest BCUT2D eigenvalue weighted by Crippen LogP contribution is 2.22. The first-order chi connectivity index (χ1) is 11.7. The molecule has 1 saturated heterocycles. The largest absolute Gasteiger partial charge is 0.356 e. The molecule has 6 nitrogen and oxygen atoms in total. The van der Waals surface area contributed by atoms with E-state index in [0.717, 1.165) is 30.4 Å². The van der Waals surface area contributed by atoms with Crippen molar-refractivity contribution in [3.8, 4) is 0 Å². The predicted octanol–water partition coefficient (Wildman–Crippen LogP) is 2.76. The molecule has 0 aliphatic carbocycles. The van der Waals surface area contributed by atoms with Gasteiger partial charge in [0.2, 0.25) is 5.91 Å². The van der Waals surface area contributed by atoms with E-state index in [0.29, 0.717) is 5.82 Å². The summed E-state index contributed by atoms with van der Waals surface area (Å²) in [7, 11) is 0. The van der Waals surface area contributed by atoms with Crippen molar-refractivity contribution in [2.24, 2.45) is 5.92 Å². The number of piperidine rings is 1. The van der Waals surface area contributed by atoms with Gasteiger partial charge in [-0.1, -0.05) is 13.0 Å². The number of anilines is 2. The van der Waals surface area contributed by atoms with Crippen molar-refractivity contribution in [1.29, 1.82) is 0 Å². The van der Waals surface area contributed by atoms with Crippen molar-refractivity contribution in [2.45, 2.75) is 19.8 Å². The average molecular weight is 323 g/mol. The minimum absolute atomic E-state index is 0.226. The summed E-state index contributed by atoms with van der Waals surface area (Å²) in [5.41, 5.74) is 0.874. The molecule has 124 valence electrons. The Morgan fingerprint density at radius 3 is 2.92 bits per heavy atom. The molecule has 1 N–H and O–H groups in total. The first-order valence-electron chi connectivity index (χ1n) is 8.17. The van der Waals surface area contributed by atoms with Crippen molar-refractivity contribution in [1.82, 2.24) is 15.0 Å². The van der Waals surface area contributed by atoms with Crippen LogP contribution in [0.5, 0.6) is 0 Å². The van der Waals surface area contributed by atoms with Crippen molar-refractivity contribution in [3.63, 3.8) is 0 Å². The molecule has 6 heteroatoms. The van der Waals surface area contributed by atoms with E-state index in [9.17, 15) is 4.79 Å². The molecule has 0 atom stereocenters. The molecule has 0 aromatic carbocycles. The molecular formula is C18H21N5O. The maximum atomic E-state index is 12.0. The lowest BCUT2D eigenvalue weighted by Gasteiger charge is -2.31. The number of aromatic nitrogens is 3. The molecule has 2 aromatic heterocycles. The van der Waals surface area contributed by atoms with E-state index in [2.05, 4.69) is 32.1 Å². The Morgan fingerprint density at radius 1 is 1.33 bits per heavy atom.